The second-order valence-electron chi connectivity index (χ2n) is 1.97. The molecule has 0 bridgehead atoms. The Hall–Kier alpha value is -0.610. The minimum absolute atomic E-state index is 0.360. The normalized spacial score (nSPS) is 28.9. The number of hydroxylamine groups is 2. The van der Waals surface area contributed by atoms with Crippen molar-refractivity contribution in [3.8, 4) is 0 Å². The van der Waals surface area contributed by atoms with Crippen molar-refractivity contribution in [3.63, 3.8) is 0 Å². The number of amides is 1. The second-order valence-corrected chi connectivity index (χ2v) is 1.97. The van der Waals surface area contributed by atoms with Crippen molar-refractivity contribution in [1.29, 1.82) is 0 Å². The van der Waals surface area contributed by atoms with Crippen LogP contribution in [0.5, 0.6) is 0 Å². The number of likely N-dealkylation sites (N-methyl/N-ethyl adjacent to an activating group) is 1. The Balaban J connectivity index is 2.52. The maximum Gasteiger partial charge on any atom is 0.274 e. The molecule has 4 heteroatoms. The number of nitrogens with zero attached hydrogens (tertiary/aromatic N) is 1. The molecule has 1 amide bonds. The fraction of sp³-hybridized carbons (Fsp3) is 0.800. The Kier molecular flexibility index (Phi) is 1.68. The first-order valence-corrected chi connectivity index (χ1v) is 2.80. The molecule has 1 unspecified atom stereocenters. The number of rotatable bonds is 0. The fourth-order valence-corrected chi connectivity index (χ4v) is 0.698. The SMILES string of the molecule is CN1OCCC(O)C1=O. The molecule has 4 nitrogen and oxygen atoms in total. The van der Waals surface area contributed by atoms with Gasteiger partial charge in [0.05, 0.1) is 6.61 Å². The maximum absolute atomic E-state index is 10.7. The topological polar surface area (TPSA) is 49.8 Å². The van der Waals surface area contributed by atoms with E-state index in [0.717, 1.165) is 5.06 Å². The third-order valence-corrected chi connectivity index (χ3v) is 1.27. The van der Waals surface area contributed by atoms with Crippen molar-refractivity contribution in [2.45, 2.75) is 12.5 Å². The van der Waals surface area contributed by atoms with E-state index in [2.05, 4.69) is 0 Å². The van der Waals surface area contributed by atoms with Gasteiger partial charge < -0.3 is 5.11 Å². The third kappa shape index (κ3) is 1.20. The van der Waals surface area contributed by atoms with Crippen LogP contribution in [-0.4, -0.2) is 35.8 Å². The van der Waals surface area contributed by atoms with Crippen molar-refractivity contribution < 1.29 is 14.7 Å². The quantitative estimate of drug-likeness (QED) is 0.465. The van der Waals surface area contributed by atoms with Gasteiger partial charge in [0.2, 0.25) is 0 Å². The molecule has 9 heavy (non-hydrogen) atoms. The molecule has 52 valence electrons. The molecule has 1 fully saturated rings. The number of carbonyl (C=O) groups excluding carboxylic acids is 1. The van der Waals surface area contributed by atoms with Gasteiger partial charge in [-0.1, -0.05) is 0 Å². The lowest BCUT2D eigenvalue weighted by atomic mass is 10.2. The monoisotopic (exact) mass is 131 g/mol. The molecule has 1 heterocycles. The van der Waals surface area contributed by atoms with Gasteiger partial charge in [-0.3, -0.25) is 9.63 Å². The molecule has 0 aromatic carbocycles. The van der Waals surface area contributed by atoms with Gasteiger partial charge in [-0.2, -0.15) is 0 Å². The van der Waals surface area contributed by atoms with E-state index in [1.807, 2.05) is 0 Å². The summed E-state index contributed by atoms with van der Waals surface area (Å²) < 4.78 is 0. The van der Waals surface area contributed by atoms with E-state index < -0.39 is 6.10 Å². The summed E-state index contributed by atoms with van der Waals surface area (Å²) in [5.41, 5.74) is 0. The Morgan fingerprint density at radius 2 is 2.56 bits per heavy atom. The van der Waals surface area contributed by atoms with Crippen LogP contribution in [0.3, 0.4) is 0 Å². The molecule has 0 radical (unpaired) electrons. The number of hydrogen-bond acceptors (Lipinski definition) is 3. The second kappa shape index (κ2) is 2.33. The zero-order chi connectivity index (χ0) is 6.85. The Morgan fingerprint density at radius 3 is 3.00 bits per heavy atom. The summed E-state index contributed by atoms with van der Waals surface area (Å²) >= 11 is 0. The fourth-order valence-electron chi connectivity index (χ4n) is 0.698. The van der Waals surface area contributed by atoms with Crippen molar-refractivity contribution in [3.05, 3.63) is 0 Å². The average molecular weight is 131 g/mol. The van der Waals surface area contributed by atoms with Gasteiger partial charge in [0.15, 0.2) is 0 Å². The highest BCUT2D eigenvalue weighted by Crippen LogP contribution is 2.05. The van der Waals surface area contributed by atoms with Crippen LogP contribution in [0, 0.1) is 0 Å². The van der Waals surface area contributed by atoms with Gasteiger partial charge in [0, 0.05) is 13.5 Å². The number of carbonyl (C=O) groups is 1. The maximum atomic E-state index is 10.7. The smallest absolute Gasteiger partial charge is 0.274 e. The van der Waals surface area contributed by atoms with Crippen LogP contribution in [0.2, 0.25) is 0 Å². The first kappa shape index (κ1) is 6.51. The molecule has 0 aromatic rings. The van der Waals surface area contributed by atoms with Crippen molar-refractivity contribution in [2.24, 2.45) is 0 Å². The van der Waals surface area contributed by atoms with Crippen molar-refractivity contribution in [1.82, 2.24) is 5.06 Å². The molecular weight excluding hydrogens is 122 g/mol. The Morgan fingerprint density at radius 1 is 1.89 bits per heavy atom. The Labute approximate surface area is 53.0 Å². The van der Waals surface area contributed by atoms with Gasteiger partial charge >= 0.3 is 0 Å². The van der Waals surface area contributed by atoms with Crippen LogP contribution in [0.25, 0.3) is 0 Å². The summed E-state index contributed by atoms with van der Waals surface area (Å²) in [6, 6.07) is 0. The zero-order valence-electron chi connectivity index (χ0n) is 5.20. The highest BCUT2D eigenvalue weighted by molar-refractivity contribution is 5.79. The summed E-state index contributed by atoms with van der Waals surface area (Å²) in [7, 11) is 1.49. The van der Waals surface area contributed by atoms with Crippen LogP contribution in [0.15, 0.2) is 0 Å². The molecule has 1 aliphatic heterocycles. The van der Waals surface area contributed by atoms with E-state index >= 15 is 0 Å². The molecule has 1 rings (SSSR count). The van der Waals surface area contributed by atoms with E-state index in [4.69, 9.17) is 9.94 Å². The first-order chi connectivity index (χ1) is 4.22. The summed E-state index contributed by atoms with van der Waals surface area (Å²) in [5.74, 6) is -0.360. The predicted octanol–water partition coefficient (Wildman–Crippen LogP) is -0.859. The highest BCUT2D eigenvalue weighted by Gasteiger charge is 2.24. The van der Waals surface area contributed by atoms with Gasteiger partial charge in [-0.05, 0) is 0 Å². The lowest BCUT2D eigenvalue weighted by Gasteiger charge is -2.24. The van der Waals surface area contributed by atoms with E-state index in [9.17, 15) is 4.79 Å². The summed E-state index contributed by atoms with van der Waals surface area (Å²) in [6.45, 7) is 0.420. The van der Waals surface area contributed by atoms with Crippen molar-refractivity contribution in [2.75, 3.05) is 13.7 Å². The van der Waals surface area contributed by atoms with Crippen LogP contribution in [-0.2, 0) is 9.63 Å². The lowest BCUT2D eigenvalue weighted by molar-refractivity contribution is -0.204. The molecule has 0 aliphatic carbocycles. The van der Waals surface area contributed by atoms with E-state index in [1.165, 1.54) is 7.05 Å². The van der Waals surface area contributed by atoms with Gasteiger partial charge in [-0.25, -0.2) is 5.06 Å². The highest BCUT2D eigenvalue weighted by atomic mass is 16.7. The van der Waals surface area contributed by atoms with E-state index in [0.29, 0.717) is 13.0 Å². The lowest BCUT2D eigenvalue weighted by Crippen LogP contribution is -2.42. The van der Waals surface area contributed by atoms with Gasteiger partial charge in [0.1, 0.15) is 6.10 Å². The predicted molar refractivity (Wildman–Crippen MR) is 29.3 cm³/mol. The first-order valence-electron chi connectivity index (χ1n) is 2.80. The number of hydrogen-bond donors (Lipinski definition) is 1. The molecule has 1 aliphatic rings. The largest absolute Gasteiger partial charge is 0.383 e. The number of aliphatic hydroxyl groups is 1. The van der Waals surface area contributed by atoms with Crippen molar-refractivity contribution >= 4 is 5.91 Å². The summed E-state index contributed by atoms with van der Waals surface area (Å²) in [4.78, 5) is 15.5. The summed E-state index contributed by atoms with van der Waals surface area (Å²) in [6.07, 6.45) is -0.452. The minimum atomic E-state index is -0.858. The summed E-state index contributed by atoms with van der Waals surface area (Å²) in [5, 5.41) is 9.94. The zero-order valence-corrected chi connectivity index (χ0v) is 5.20. The van der Waals surface area contributed by atoms with Crippen LogP contribution < -0.4 is 0 Å². The van der Waals surface area contributed by atoms with Gasteiger partial charge in [-0.15, -0.1) is 0 Å². The Bertz CT molecular complexity index is 113. The molecule has 0 saturated carbocycles. The molecule has 0 spiro atoms. The van der Waals surface area contributed by atoms with Crippen LogP contribution in [0.1, 0.15) is 6.42 Å². The van der Waals surface area contributed by atoms with E-state index in [-0.39, 0.29) is 5.91 Å². The minimum Gasteiger partial charge on any atom is -0.383 e. The van der Waals surface area contributed by atoms with Crippen LogP contribution >= 0.6 is 0 Å². The standard InChI is InChI=1S/C5H9NO3/c1-6-5(8)4(7)2-3-9-6/h4,7H,2-3H2,1H3. The molecular formula is C5H9NO3. The average Bonchev–Trinajstić information content (AvgIpc) is 1.83. The number of aliphatic hydroxyl groups excluding tert-OH is 1. The van der Waals surface area contributed by atoms with E-state index in [1.54, 1.807) is 0 Å². The molecule has 1 atom stereocenters. The van der Waals surface area contributed by atoms with Crippen LogP contribution in [0.4, 0.5) is 0 Å². The third-order valence-electron chi connectivity index (χ3n) is 1.27. The molecule has 1 saturated heterocycles. The van der Waals surface area contributed by atoms with Gasteiger partial charge in [0.25, 0.3) is 5.91 Å². The molecule has 0 aromatic heterocycles. The molecule has 1 N–H and O–H groups in total.